The largest absolute Gasteiger partial charge is 1.00 e. The summed E-state index contributed by atoms with van der Waals surface area (Å²) < 4.78 is 5.24. The molecule has 0 aromatic carbocycles. The maximum atomic E-state index is 5.24. The van der Waals surface area contributed by atoms with Crippen molar-refractivity contribution in [1.29, 1.82) is 0 Å². The summed E-state index contributed by atoms with van der Waals surface area (Å²) in [7, 11) is 0. The Morgan fingerprint density at radius 2 is 2.11 bits per heavy atom. The van der Waals surface area contributed by atoms with E-state index in [1.807, 2.05) is 6.92 Å². The Labute approximate surface area is 70.3 Å². The van der Waals surface area contributed by atoms with Gasteiger partial charge in [-0.3, -0.25) is 0 Å². The van der Waals surface area contributed by atoms with E-state index in [0.29, 0.717) is 6.10 Å². The van der Waals surface area contributed by atoms with Gasteiger partial charge in [-0.05, 0) is 13.8 Å². The van der Waals surface area contributed by atoms with Gasteiger partial charge in [0.1, 0.15) is 0 Å². The molecule has 50 valence electrons. The third kappa shape index (κ3) is 8.56. The van der Waals surface area contributed by atoms with Crippen LogP contribution in [-0.2, 0) is 4.74 Å². The van der Waals surface area contributed by atoms with Crippen LogP contribution in [0.1, 0.15) is 26.7 Å². The van der Waals surface area contributed by atoms with Gasteiger partial charge in [0.25, 0.3) is 0 Å². The summed E-state index contributed by atoms with van der Waals surface area (Å²) in [4.78, 5) is 0. The van der Waals surface area contributed by atoms with Gasteiger partial charge in [0.05, 0.1) is 6.10 Å². The van der Waals surface area contributed by atoms with E-state index >= 15 is 0 Å². The van der Waals surface area contributed by atoms with Gasteiger partial charge in [-0.2, -0.15) is 6.42 Å². The smallest absolute Gasteiger partial charge is 0.379 e. The van der Waals surface area contributed by atoms with Gasteiger partial charge >= 0.3 is 18.9 Å². The third-order valence-corrected chi connectivity index (χ3v) is 1.06. The first-order chi connectivity index (χ1) is 3.81. The summed E-state index contributed by atoms with van der Waals surface area (Å²) in [6.45, 7) is 8.64. The molecule has 0 N–H and O–H groups in total. The Bertz CT molecular complexity index is 42.2. The Balaban J connectivity index is 0. The average molecular weight is 122 g/mol. The minimum absolute atomic E-state index is 0. The van der Waals surface area contributed by atoms with E-state index in [4.69, 9.17) is 4.74 Å². The van der Waals surface area contributed by atoms with Crippen LogP contribution >= 0.6 is 0 Å². The van der Waals surface area contributed by atoms with Gasteiger partial charge < -0.3 is 11.7 Å². The van der Waals surface area contributed by atoms with Crippen molar-refractivity contribution < 1.29 is 23.6 Å². The van der Waals surface area contributed by atoms with Crippen molar-refractivity contribution in [2.75, 3.05) is 6.61 Å². The molecule has 0 aliphatic heterocycles. The van der Waals surface area contributed by atoms with Crippen LogP contribution in [0.25, 0.3) is 0 Å². The summed E-state index contributed by atoms with van der Waals surface area (Å²) in [6.07, 6.45) is 2.45. The van der Waals surface area contributed by atoms with E-state index in [9.17, 15) is 0 Å². The van der Waals surface area contributed by atoms with Crippen molar-refractivity contribution in [1.82, 2.24) is 0 Å². The van der Waals surface area contributed by atoms with Crippen LogP contribution in [0.2, 0.25) is 0 Å². The van der Waals surface area contributed by atoms with E-state index in [1.54, 1.807) is 0 Å². The second-order valence-electron chi connectivity index (χ2n) is 1.91. The third-order valence-electron chi connectivity index (χ3n) is 1.06. The molecule has 1 unspecified atom stereocenters. The number of hydrogen-bond donors (Lipinski definition) is 0. The van der Waals surface area contributed by atoms with Crippen LogP contribution in [-0.4, -0.2) is 12.7 Å². The van der Waals surface area contributed by atoms with Crippen LogP contribution in [0.4, 0.5) is 0 Å². The van der Waals surface area contributed by atoms with Gasteiger partial charge in [-0.15, -0.1) is 0 Å². The van der Waals surface area contributed by atoms with Crippen LogP contribution in [0.5, 0.6) is 0 Å². The van der Waals surface area contributed by atoms with Crippen LogP contribution in [0.15, 0.2) is 0 Å². The van der Waals surface area contributed by atoms with E-state index in [0.717, 1.165) is 19.4 Å². The zero-order chi connectivity index (χ0) is 6.41. The topological polar surface area (TPSA) is 9.23 Å². The Kier molecular flexibility index (Phi) is 11.7. The number of hydrogen-bond acceptors (Lipinski definition) is 1. The summed E-state index contributed by atoms with van der Waals surface area (Å²) in [5.74, 6) is 0. The molecule has 0 amide bonds. The van der Waals surface area contributed by atoms with Crippen LogP contribution in [0.3, 0.4) is 0 Å². The molecule has 0 rings (SSSR count). The molecular formula is C7H15LiO. The molecule has 0 aromatic rings. The van der Waals surface area contributed by atoms with Crippen molar-refractivity contribution in [3.63, 3.8) is 0 Å². The second kappa shape index (κ2) is 8.56. The molecule has 0 aliphatic carbocycles. The molecule has 0 radical (unpaired) electrons. The van der Waals surface area contributed by atoms with Crippen LogP contribution < -0.4 is 18.9 Å². The normalized spacial score (nSPS) is 12.3. The van der Waals surface area contributed by atoms with Gasteiger partial charge in [0.2, 0.25) is 0 Å². The minimum Gasteiger partial charge on any atom is -0.379 e. The molecule has 0 heterocycles. The summed E-state index contributed by atoms with van der Waals surface area (Å²) in [5, 5.41) is 0. The second-order valence-corrected chi connectivity index (χ2v) is 1.91. The fourth-order valence-corrected chi connectivity index (χ4v) is 0.655. The first-order valence-electron chi connectivity index (χ1n) is 3.22. The molecular weight excluding hydrogens is 107 g/mol. The average Bonchev–Trinajstić information content (AvgIpc) is 1.68. The summed E-state index contributed by atoms with van der Waals surface area (Å²) in [5.41, 5.74) is 0. The molecule has 0 aromatic heterocycles. The number of rotatable bonds is 4. The van der Waals surface area contributed by atoms with E-state index < -0.39 is 0 Å². The molecule has 1 nitrogen and oxygen atoms in total. The SMILES string of the molecule is [CH2-]CCC(C)OCC.[Li+]. The molecule has 0 bridgehead atoms. The molecule has 9 heavy (non-hydrogen) atoms. The predicted molar refractivity (Wildman–Crippen MR) is 35.7 cm³/mol. The molecule has 0 fully saturated rings. The zero-order valence-electron chi connectivity index (χ0n) is 6.81. The molecule has 1 atom stereocenters. The summed E-state index contributed by atoms with van der Waals surface area (Å²) >= 11 is 0. The van der Waals surface area contributed by atoms with Crippen molar-refractivity contribution in [2.24, 2.45) is 0 Å². The molecule has 0 spiro atoms. The Morgan fingerprint density at radius 3 is 2.44 bits per heavy atom. The van der Waals surface area contributed by atoms with E-state index in [1.165, 1.54) is 0 Å². The van der Waals surface area contributed by atoms with Gasteiger partial charge in [0.15, 0.2) is 0 Å². The minimum atomic E-state index is 0. The van der Waals surface area contributed by atoms with Gasteiger partial charge in [-0.1, -0.05) is 6.42 Å². The number of ether oxygens (including phenoxy) is 1. The van der Waals surface area contributed by atoms with Crippen molar-refractivity contribution in [3.8, 4) is 0 Å². The molecule has 0 saturated carbocycles. The van der Waals surface area contributed by atoms with Crippen LogP contribution in [0, 0.1) is 6.92 Å². The van der Waals surface area contributed by atoms with E-state index in [-0.39, 0.29) is 18.9 Å². The quantitative estimate of drug-likeness (QED) is 0.344. The maximum Gasteiger partial charge on any atom is 1.00 e. The molecule has 2 heteroatoms. The molecule has 0 aliphatic rings. The molecule has 0 saturated heterocycles. The maximum absolute atomic E-state index is 5.24. The van der Waals surface area contributed by atoms with Gasteiger partial charge in [-0.25, -0.2) is 0 Å². The van der Waals surface area contributed by atoms with Crippen molar-refractivity contribution in [3.05, 3.63) is 6.92 Å². The zero-order valence-corrected chi connectivity index (χ0v) is 6.81. The van der Waals surface area contributed by atoms with Crippen molar-refractivity contribution in [2.45, 2.75) is 32.8 Å². The fraction of sp³-hybridized carbons (Fsp3) is 0.857. The first kappa shape index (κ1) is 12.3. The van der Waals surface area contributed by atoms with Gasteiger partial charge in [0, 0.05) is 6.61 Å². The first-order valence-corrected chi connectivity index (χ1v) is 3.22. The standard InChI is InChI=1S/C7H15O.Li/c1-4-6-7(3)8-5-2;/h7H,1,4-6H2,2-3H3;/q-1;+1. The summed E-state index contributed by atoms with van der Waals surface area (Å²) in [6, 6.07) is 0. The predicted octanol–water partition coefficient (Wildman–Crippen LogP) is -0.970. The van der Waals surface area contributed by atoms with Crippen molar-refractivity contribution >= 4 is 0 Å². The Hall–Kier alpha value is 0.557. The van der Waals surface area contributed by atoms with E-state index in [2.05, 4.69) is 13.8 Å². The fourth-order valence-electron chi connectivity index (χ4n) is 0.655. The monoisotopic (exact) mass is 122 g/mol. The Morgan fingerprint density at radius 1 is 1.56 bits per heavy atom.